The van der Waals surface area contributed by atoms with Crippen LogP contribution in [0.1, 0.15) is 35.1 Å². The molecule has 0 unspecified atom stereocenters. The lowest BCUT2D eigenvalue weighted by molar-refractivity contribution is 0.427. The summed E-state index contributed by atoms with van der Waals surface area (Å²) in [5.74, 6) is 0. The van der Waals surface area contributed by atoms with E-state index >= 15 is 0 Å². The fourth-order valence-electron chi connectivity index (χ4n) is 2.80. The highest BCUT2D eigenvalue weighted by molar-refractivity contribution is 7.89. The summed E-state index contributed by atoms with van der Waals surface area (Å²) in [6, 6.07) is 2.09. The van der Waals surface area contributed by atoms with Crippen LogP contribution < -0.4 is 10.0 Å². The Morgan fingerprint density at radius 3 is 2.05 bits per heavy atom. The lowest BCUT2D eigenvalue weighted by atomic mass is 10.0. The summed E-state index contributed by atoms with van der Waals surface area (Å²) in [5, 5.41) is 3.25. The van der Waals surface area contributed by atoms with Crippen molar-refractivity contribution >= 4 is 10.0 Å². The van der Waals surface area contributed by atoms with E-state index in [9.17, 15) is 8.42 Å². The van der Waals surface area contributed by atoms with Crippen molar-refractivity contribution in [2.75, 3.05) is 13.1 Å². The predicted octanol–water partition coefficient (Wildman–Crippen LogP) is 1.95. The molecule has 0 radical (unpaired) electrons. The van der Waals surface area contributed by atoms with E-state index < -0.39 is 10.0 Å². The molecular weight excluding hydrogens is 272 g/mol. The molecule has 1 aromatic rings. The molecule has 1 fully saturated rings. The van der Waals surface area contributed by atoms with Crippen LogP contribution in [0.2, 0.25) is 0 Å². The zero-order valence-corrected chi connectivity index (χ0v) is 13.5. The van der Waals surface area contributed by atoms with Gasteiger partial charge in [0, 0.05) is 6.04 Å². The number of aryl methyl sites for hydroxylation is 2. The van der Waals surface area contributed by atoms with Crippen LogP contribution in [0.25, 0.3) is 0 Å². The Morgan fingerprint density at radius 2 is 1.55 bits per heavy atom. The van der Waals surface area contributed by atoms with Crippen LogP contribution in [0.3, 0.4) is 0 Å². The molecule has 0 aliphatic carbocycles. The second kappa shape index (κ2) is 5.84. The van der Waals surface area contributed by atoms with Crippen molar-refractivity contribution < 1.29 is 8.42 Å². The molecule has 0 spiro atoms. The van der Waals surface area contributed by atoms with Crippen LogP contribution >= 0.6 is 0 Å². The molecule has 1 aliphatic rings. The van der Waals surface area contributed by atoms with Crippen LogP contribution in [0, 0.1) is 27.7 Å². The monoisotopic (exact) mass is 296 g/mol. The van der Waals surface area contributed by atoms with E-state index in [0.717, 1.165) is 48.2 Å². The summed E-state index contributed by atoms with van der Waals surface area (Å²) in [6.45, 7) is 9.45. The highest BCUT2D eigenvalue weighted by Gasteiger charge is 2.25. The van der Waals surface area contributed by atoms with Crippen LogP contribution in [0.4, 0.5) is 0 Å². The van der Waals surface area contributed by atoms with Gasteiger partial charge in [0.15, 0.2) is 0 Å². The molecule has 112 valence electrons. The molecule has 1 aliphatic heterocycles. The van der Waals surface area contributed by atoms with Crippen molar-refractivity contribution in [1.29, 1.82) is 0 Å². The summed E-state index contributed by atoms with van der Waals surface area (Å²) in [6.07, 6.45) is 1.70. The lowest BCUT2D eigenvalue weighted by Crippen LogP contribution is -2.43. The molecule has 2 rings (SSSR count). The molecular formula is C15H24N2O2S. The van der Waals surface area contributed by atoms with Crippen LogP contribution in [-0.4, -0.2) is 27.5 Å². The first kappa shape index (κ1) is 15.5. The van der Waals surface area contributed by atoms with Gasteiger partial charge in [-0.05, 0) is 75.9 Å². The van der Waals surface area contributed by atoms with E-state index in [1.54, 1.807) is 0 Å². The molecule has 0 bridgehead atoms. The van der Waals surface area contributed by atoms with E-state index in [1.165, 1.54) is 0 Å². The fraction of sp³-hybridized carbons (Fsp3) is 0.600. The quantitative estimate of drug-likeness (QED) is 0.896. The molecule has 0 amide bonds. The maximum atomic E-state index is 12.7. The molecule has 1 aromatic carbocycles. The van der Waals surface area contributed by atoms with Gasteiger partial charge >= 0.3 is 0 Å². The minimum atomic E-state index is -3.44. The fourth-order valence-corrected chi connectivity index (χ4v) is 4.72. The highest BCUT2D eigenvalue weighted by Crippen LogP contribution is 2.26. The van der Waals surface area contributed by atoms with Crippen LogP contribution in [-0.2, 0) is 10.0 Å². The van der Waals surface area contributed by atoms with E-state index in [4.69, 9.17) is 0 Å². The normalized spacial score (nSPS) is 17.4. The average molecular weight is 296 g/mol. The van der Waals surface area contributed by atoms with Gasteiger partial charge in [-0.25, -0.2) is 13.1 Å². The second-order valence-electron chi connectivity index (χ2n) is 5.74. The van der Waals surface area contributed by atoms with Crippen molar-refractivity contribution in [2.24, 2.45) is 0 Å². The van der Waals surface area contributed by atoms with Gasteiger partial charge in [-0.15, -0.1) is 0 Å². The lowest BCUT2D eigenvalue weighted by Gasteiger charge is -2.25. The molecule has 1 saturated heterocycles. The largest absolute Gasteiger partial charge is 0.317 e. The van der Waals surface area contributed by atoms with Gasteiger partial charge in [0.2, 0.25) is 10.0 Å². The molecule has 1 heterocycles. The van der Waals surface area contributed by atoms with E-state index in [2.05, 4.69) is 10.0 Å². The van der Waals surface area contributed by atoms with E-state index in [0.29, 0.717) is 4.90 Å². The molecule has 2 N–H and O–H groups in total. The summed E-state index contributed by atoms with van der Waals surface area (Å²) < 4.78 is 28.3. The maximum absolute atomic E-state index is 12.7. The number of hydrogen-bond acceptors (Lipinski definition) is 3. The van der Waals surface area contributed by atoms with E-state index in [-0.39, 0.29) is 6.04 Å². The Bertz CT molecular complexity index is 577. The number of sulfonamides is 1. The van der Waals surface area contributed by atoms with Crippen molar-refractivity contribution in [3.63, 3.8) is 0 Å². The van der Waals surface area contributed by atoms with Gasteiger partial charge in [0.1, 0.15) is 0 Å². The van der Waals surface area contributed by atoms with Crippen molar-refractivity contribution in [3.8, 4) is 0 Å². The van der Waals surface area contributed by atoms with Gasteiger partial charge in [0.25, 0.3) is 0 Å². The molecule has 0 aromatic heterocycles. The Hall–Kier alpha value is -0.910. The number of piperidine rings is 1. The van der Waals surface area contributed by atoms with Crippen molar-refractivity contribution in [2.45, 2.75) is 51.5 Å². The molecule has 5 heteroatoms. The zero-order valence-electron chi connectivity index (χ0n) is 12.7. The van der Waals surface area contributed by atoms with Crippen LogP contribution in [0.5, 0.6) is 0 Å². The first-order valence-corrected chi connectivity index (χ1v) is 8.61. The topological polar surface area (TPSA) is 58.2 Å². The summed E-state index contributed by atoms with van der Waals surface area (Å²) in [4.78, 5) is 0.466. The summed E-state index contributed by atoms with van der Waals surface area (Å²) in [7, 11) is -3.44. The molecule has 20 heavy (non-hydrogen) atoms. The molecule has 0 atom stereocenters. The minimum absolute atomic E-state index is 0.0425. The molecule has 4 nitrogen and oxygen atoms in total. The standard InChI is InChI=1S/C15H24N2O2S/c1-10-9-11(2)13(4)15(12(10)3)20(18,19)17-14-5-7-16-8-6-14/h9,14,16-17H,5-8H2,1-4H3. The summed E-state index contributed by atoms with van der Waals surface area (Å²) >= 11 is 0. The van der Waals surface area contributed by atoms with Gasteiger partial charge < -0.3 is 5.32 Å². The smallest absolute Gasteiger partial charge is 0.241 e. The first-order valence-electron chi connectivity index (χ1n) is 7.13. The Balaban J connectivity index is 2.38. The number of rotatable bonds is 3. The zero-order chi connectivity index (χ0) is 14.9. The Kier molecular flexibility index (Phi) is 4.52. The van der Waals surface area contributed by atoms with Crippen molar-refractivity contribution in [1.82, 2.24) is 10.0 Å². The van der Waals surface area contributed by atoms with E-state index in [1.807, 2.05) is 33.8 Å². The van der Waals surface area contributed by atoms with Crippen LogP contribution in [0.15, 0.2) is 11.0 Å². The first-order chi connectivity index (χ1) is 9.33. The number of hydrogen-bond donors (Lipinski definition) is 2. The Labute approximate surface area is 122 Å². The maximum Gasteiger partial charge on any atom is 0.241 e. The molecule has 0 saturated carbocycles. The SMILES string of the molecule is Cc1cc(C)c(C)c(S(=O)(=O)NC2CCNCC2)c1C. The second-order valence-corrected chi connectivity index (χ2v) is 7.39. The number of nitrogens with one attached hydrogen (secondary N) is 2. The average Bonchev–Trinajstić information content (AvgIpc) is 2.37. The van der Waals surface area contributed by atoms with Gasteiger partial charge in [0.05, 0.1) is 4.90 Å². The summed E-state index contributed by atoms with van der Waals surface area (Å²) in [5.41, 5.74) is 3.77. The Morgan fingerprint density at radius 1 is 1.05 bits per heavy atom. The van der Waals surface area contributed by atoms with Crippen molar-refractivity contribution in [3.05, 3.63) is 28.3 Å². The number of benzene rings is 1. The third-order valence-corrected chi connectivity index (χ3v) is 6.02. The predicted molar refractivity (Wildman–Crippen MR) is 81.6 cm³/mol. The van der Waals surface area contributed by atoms with Gasteiger partial charge in [-0.3, -0.25) is 0 Å². The third-order valence-electron chi connectivity index (χ3n) is 4.23. The minimum Gasteiger partial charge on any atom is -0.317 e. The van der Waals surface area contributed by atoms with Gasteiger partial charge in [-0.2, -0.15) is 0 Å². The highest BCUT2D eigenvalue weighted by atomic mass is 32.2. The third kappa shape index (κ3) is 3.05. The van der Waals surface area contributed by atoms with Gasteiger partial charge in [-0.1, -0.05) is 6.07 Å².